The van der Waals surface area contributed by atoms with E-state index in [1.54, 1.807) is 10.6 Å². The first-order valence-corrected chi connectivity index (χ1v) is 6.99. The topological polar surface area (TPSA) is 58.3 Å². The summed E-state index contributed by atoms with van der Waals surface area (Å²) in [5.74, 6) is 1.38. The molecule has 1 aliphatic rings. The van der Waals surface area contributed by atoms with E-state index in [0.29, 0.717) is 17.0 Å². The number of likely N-dealkylation sites (N-methyl/N-ethyl adjacent to an activating group) is 1. The van der Waals surface area contributed by atoms with Gasteiger partial charge in [0.2, 0.25) is 0 Å². The van der Waals surface area contributed by atoms with Crippen molar-refractivity contribution in [2.24, 2.45) is 0 Å². The summed E-state index contributed by atoms with van der Waals surface area (Å²) in [5, 5.41) is 8.12. The van der Waals surface area contributed by atoms with E-state index in [-0.39, 0.29) is 0 Å². The highest BCUT2D eigenvalue weighted by molar-refractivity contribution is 6.29. The SMILES string of the molecule is CCN1CCCC(Nc2cc(Cl)nc3ncnn23)C1. The van der Waals surface area contributed by atoms with E-state index < -0.39 is 0 Å². The van der Waals surface area contributed by atoms with Crippen molar-refractivity contribution in [2.45, 2.75) is 25.8 Å². The molecule has 19 heavy (non-hydrogen) atoms. The van der Waals surface area contributed by atoms with E-state index >= 15 is 0 Å². The molecule has 0 bridgehead atoms. The lowest BCUT2D eigenvalue weighted by molar-refractivity contribution is 0.226. The smallest absolute Gasteiger partial charge is 0.255 e. The van der Waals surface area contributed by atoms with Crippen molar-refractivity contribution in [1.29, 1.82) is 0 Å². The summed E-state index contributed by atoms with van der Waals surface area (Å²) in [5.41, 5.74) is 0. The zero-order valence-corrected chi connectivity index (χ0v) is 11.6. The van der Waals surface area contributed by atoms with Crippen molar-refractivity contribution in [2.75, 3.05) is 25.0 Å². The summed E-state index contributed by atoms with van der Waals surface area (Å²) in [6.45, 7) is 5.52. The summed E-state index contributed by atoms with van der Waals surface area (Å²) >= 11 is 6.01. The first-order chi connectivity index (χ1) is 9.26. The zero-order valence-electron chi connectivity index (χ0n) is 10.9. The highest BCUT2D eigenvalue weighted by Crippen LogP contribution is 2.18. The molecule has 0 spiro atoms. The van der Waals surface area contributed by atoms with E-state index in [4.69, 9.17) is 11.6 Å². The minimum Gasteiger partial charge on any atom is -0.366 e. The van der Waals surface area contributed by atoms with Gasteiger partial charge in [-0.2, -0.15) is 19.6 Å². The molecule has 1 saturated heterocycles. The molecule has 2 aromatic heterocycles. The van der Waals surface area contributed by atoms with Crippen LogP contribution in [0.2, 0.25) is 5.15 Å². The summed E-state index contributed by atoms with van der Waals surface area (Å²) < 4.78 is 1.69. The molecular weight excluding hydrogens is 264 g/mol. The third-order valence-corrected chi connectivity index (χ3v) is 3.72. The first-order valence-electron chi connectivity index (χ1n) is 6.61. The lowest BCUT2D eigenvalue weighted by Gasteiger charge is -2.32. The van der Waals surface area contributed by atoms with Crippen molar-refractivity contribution >= 4 is 23.2 Å². The molecule has 0 aliphatic carbocycles. The predicted molar refractivity (Wildman–Crippen MR) is 74.6 cm³/mol. The maximum absolute atomic E-state index is 6.01. The van der Waals surface area contributed by atoms with Gasteiger partial charge in [-0.25, -0.2) is 0 Å². The number of hydrogen-bond donors (Lipinski definition) is 1. The van der Waals surface area contributed by atoms with E-state index in [1.165, 1.54) is 19.3 Å². The maximum atomic E-state index is 6.01. The van der Waals surface area contributed by atoms with E-state index in [9.17, 15) is 0 Å². The number of nitrogens with one attached hydrogen (secondary N) is 1. The fourth-order valence-electron chi connectivity index (χ4n) is 2.56. The molecule has 0 saturated carbocycles. The number of aromatic nitrogens is 4. The van der Waals surface area contributed by atoms with Crippen molar-refractivity contribution in [3.8, 4) is 0 Å². The van der Waals surface area contributed by atoms with E-state index in [1.807, 2.05) is 0 Å². The minimum atomic E-state index is 0.416. The average Bonchev–Trinajstić information content (AvgIpc) is 2.87. The van der Waals surface area contributed by atoms with Gasteiger partial charge in [-0.05, 0) is 25.9 Å². The average molecular weight is 281 g/mol. The molecule has 2 aromatic rings. The second-order valence-corrected chi connectivity index (χ2v) is 5.20. The summed E-state index contributed by atoms with van der Waals surface area (Å²) in [6.07, 6.45) is 3.86. The van der Waals surface area contributed by atoms with Crippen LogP contribution in [0.3, 0.4) is 0 Å². The van der Waals surface area contributed by atoms with E-state index in [2.05, 4.69) is 32.2 Å². The van der Waals surface area contributed by atoms with Gasteiger partial charge in [-0.1, -0.05) is 18.5 Å². The Bertz CT molecular complexity index is 568. The Kier molecular flexibility index (Phi) is 3.52. The molecule has 1 fully saturated rings. The van der Waals surface area contributed by atoms with Crippen LogP contribution >= 0.6 is 11.6 Å². The fraction of sp³-hybridized carbons (Fsp3) is 0.583. The second-order valence-electron chi connectivity index (χ2n) is 4.81. The van der Waals surface area contributed by atoms with Crippen LogP contribution in [0.15, 0.2) is 12.4 Å². The molecule has 3 heterocycles. The number of halogens is 1. The van der Waals surface area contributed by atoms with Crippen molar-refractivity contribution < 1.29 is 0 Å². The predicted octanol–water partition coefficient (Wildman–Crippen LogP) is 1.67. The Morgan fingerprint density at radius 2 is 2.42 bits per heavy atom. The largest absolute Gasteiger partial charge is 0.366 e. The number of fused-ring (bicyclic) bond motifs is 1. The number of hydrogen-bond acceptors (Lipinski definition) is 5. The Balaban J connectivity index is 1.82. The van der Waals surface area contributed by atoms with Gasteiger partial charge in [-0.3, -0.25) is 0 Å². The Morgan fingerprint density at radius 3 is 3.26 bits per heavy atom. The molecule has 6 nitrogen and oxygen atoms in total. The molecule has 3 rings (SSSR count). The second kappa shape index (κ2) is 5.30. The molecule has 1 aliphatic heterocycles. The monoisotopic (exact) mass is 280 g/mol. The van der Waals surface area contributed by atoms with Gasteiger partial charge in [0.15, 0.2) is 0 Å². The van der Waals surface area contributed by atoms with Crippen LogP contribution in [0.4, 0.5) is 5.82 Å². The Morgan fingerprint density at radius 1 is 1.53 bits per heavy atom. The van der Waals surface area contributed by atoms with Crippen LogP contribution in [0.1, 0.15) is 19.8 Å². The van der Waals surface area contributed by atoms with Crippen LogP contribution in [0, 0.1) is 0 Å². The molecule has 1 unspecified atom stereocenters. The normalized spacial score (nSPS) is 20.8. The van der Waals surface area contributed by atoms with Gasteiger partial charge in [0, 0.05) is 18.7 Å². The van der Waals surface area contributed by atoms with Gasteiger partial charge in [0.05, 0.1) is 0 Å². The zero-order chi connectivity index (χ0) is 13.2. The van der Waals surface area contributed by atoms with Crippen molar-refractivity contribution in [1.82, 2.24) is 24.5 Å². The van der Waals surface area contributed by atoms with E-state index in [0.717, 1.165) is 25.3 Å². The standard InChI is InChI=1S/C12H17ClN6/c1-2-18-5-3-4-9(7-18)16-11-6-10(13)17-12-14-8-15-19(11)12/h6,8-9,16H,2-5,7H2,1H3. The molecule has 102 valence electrons. The number of nitrogens with zero attached hydrogens (tertiary/aromatic N) is 5. The van der Waals surface area contributed by atoms with Gasteiger partial charge in [0.1, 0.15) is 17.3 Å². The Hall–Kier alpha value is -1.40. The molecule has 0 radical (unpaired) electrons. The van der Waals surface area contributed by atoms with Crippen LogP contribution in [-0.2, 0) is 0 Å². The highest BCUT2D eigenvalue weighted by atomic mass is 35.5. The minimum absolute atomic E-state index is 0.416. The number of likely N-dealkylation sites (tertiary alicyclic amines) is 1. The molecule has 0 aromatic carbocycles. The van der Waals surface area contributed by atoms with Gasteiger partial charge in [0.25, 0.3) is 5.78 Å². The fourth-order valence-corrected chi connectivity index (χ4v) is 2.73. The lowest BCUT2D eigenvalue weighted by Crippen LogP contribution is -2.42. The number of anilines is 1. The van der Waals surface area contributed by atoms with Crippen LogP contribution in [0.25, 0.3) is 5.78 Å². The molecule has 0 amide bonds. The van der Waals surface area contributed by atoms with Gasteiger partial charge in [-0.15, -0.1) is 0 Å². The molecular formula is C12H17ClN6. The van der Waals surface area contributed by atoms with Crippen LogP contribution < -0.4 is 5.32 Å². The Labute approximate surface area is 116 Å². The van der Waals surface area contributed by atoms with Crippen LogP contribution in [0.5, 0.6) is 0 Å². The maximum Gasteiger partial charge on any atom is 0.255 e. The summed E-state index contributed by atoms with van der Waals surface area (Å²) in [4.78, 5) is 10.6. The quantitative estimate of drug-likeness (QED) is 0.867. The first kappa shape index (κ1) is 12.6. The highest BCUT2D eigenvalue weighted by Gasteiger charge is 2.19. The van der Waals surface area contributed by atoms with Gasteiger partial charge < -0.3 is 10.2 Å². The summed E-state index contributed by atoms with van der Waals surface area (Å²) in [7, 11) is 0. The van der Waals surface area contributed by atoms with Crippen molar-refractivity contribution in [3.63, 3.8) is 0 Å². The van der Waals surface area contributed by atoms with Crippen molar-refractivity contribution in [3.05, 3.63) is 17.5 Å². The lowest BCUT2D eigenvalue weighted by atomic mass is 10.1. The number of piperidine rings is 1. The number of rotatable bonds is 3. The summed E-state index contributed by atoms with van der Waals surface area (Å²) in [6, 6.07) is 2.22. The third-order valence-electron chi connectivity index (χ3n) is 3.53. The third kappa shape index (κ3) is 2.64. The van der Waals surface area contributed by atoms with Gasteiger partial charge >= 0.3 is 0 Å². The molecule has 7 heteroatoms. The molecule has 1 N–H and O–H groups in total. The molecule has 1 atom stereocenters. The van der Waals surface area contributed by atoms with Crippen LogP contribution in [-0.4, -0.2) is 50.2 Å².